The van der Waals surface area contributed by atoms with Gasteiger partial charge in [-0.1, -0.05) is 42.5 Å². The number of ether oxygens (including phenoxy) is 1. The Morgan fingerprint density at radius 1 is 1.05 bits per heavy atom. The van der Waals surface area contributed by atoms with Crippen LogP contribution in [-0.4, -0.2) is 25.7 Å². The minimum atomic E-state index is -0.344. The van der Waals surface area contributed by atoms with Gasteiger partial charge in [0.2, 0.25) is 0 Å². The van der Waals surface area contributed by atoms with Gasteiger partial charge >= 0.3 is 5.97 Å². The van der Waals surface area contributed by atoms with Crippen LogP contribution in [0.1, 0.15) is 15.9 Å². The molecule has 0 saturated carbocycles. The Kier molecular flexibility index (Phi) is 5.79. The number of nitrogens with two attached hydrogens (primary N) is 1. The normalized spacial score (nSPS) is 10.1. The highest BCUT2D eigenvalue weighted by molar-refractivity contribution is 5.95. The summed E-state index contributed by atoms with van der Waals surface area (Å²) < 4.78 is 5.08. The monoisotopic (exact) mass is 284 g/mol. The van der Waals surface area contributed by atoms with Crippen LogP contribution < -0.4 is 11.1 Å². The number of hydrogen-bond donors (Lipinski definition) is 2. The van der Waals surface area contributed by atoms with Gasteiger partial charge in [-0.25, -0.2) is 4.79 Å². The van der Waals surface area contributed by atoms with Gasteiger partial charge in [-0.3, -0.25) is 0 Å². The van der Waals surface area contributed by atoms with Crippen molar-refractivity contribution in [2.45, 2.75) is 6.42 Å². The molecule has 2 aromatic rings. The Bertz CT molecular complexity index is 570. The van der Waals surface area contributed by atoms with Gasteiger partial charge in [-0.15, -0.1) is 0 Å². The van der Waals surface area contributed by atoms with Crippen molar-refractivity contribution < 1.29 is 9.53 Å². The van der Waals surface area contributed by atoms with Crippen molar-refractivity contribution in [3.63, 3.8) is 0 Å². The summed E-state index contributed by atoms with van der Waals surface area (Å²) in [6.07, 6.45) is 0.896. The molecule has 4 nitrogen and oxygen atoms in total. The average Bonchev–Trinajstić information content (AvgIpc) is 2.54. The average molecular weight is 284 g/mol. The first-order valence-corrected chi connectivity index (χ1v) is 7.05. The Hall–Kier alpha value is -2.33. The number of para-hydroxylation sites is 1. The highest BCUT2D eigenvalue weighted by Gasteiger charge is 2.11. The van der Waals surface area contributed by atoms with Gasteiger partial charge in [0.15, 0.2) is 0 Å². The predicted octanol–water partition coefficient (Wildman–Crippen LogP) is 2.46. The molecule has 0 amide bonds. The van der Waals surface area contributed by atoms with Crippen LogP contribution in [0.15, 0.2) is 54.6 Å². The van der Waals surface area contributed by atoms with Crippen molar-refractivity contribution >= 4 is 11.7 Å². The summed E-state index contributed by atoms with van der Waals surface area (Å²) in [6, 6.07) is 17.6. The second-order valence-corrected chi connectivity index (χ2v) is 4.63. The van der Waals surface area contributed by atoms with E-state index < -0.39 is 0 Å². The maximum atomic E-state index is 11.9. The number of carbonyl (C=O) groups excluding carboxylic acids is 1. The molecule has 21 heavy (non-hydrogen) atoms. The second kappa shape index (κ2) is 8.07. The van der Waals surface area contributed by atoms with E-state index in [-0.39, 0.29) is 12.6 Å². The number of carbonyl (C=O) groups is 1. The molecule has 0 bridgehead atoms. The largest absolute Gasteiger partial charge is 0.461 e. The molecule has 2 aromatic carbocycles. The van der Waals surface area contributed by atoms with E-state index in [0.29, 0.717) is 12.1 Å². The van der Waals surface area contributed by atoms with Crippen LogP contribution in [0.2, 0.25) is 0 Å². The molecule has 0 aliphatic heterocycles. The van der Waals surface area contributed by atoms with E-state index in [2.05, 4.69) is 17.4 Å². The molecule has 0 aromatic heterocycles. The van der Waals surface area contributed by atoms with E-state index in [4.69, 9.17) is 10.5 Å². The fourth-order valence-corrected chi connectivity index (χ4v) is 2.03. The first-order valence-electron chi connectivity index (χ1n) is 7.05. The van der Waals surface area contributed by atoms with Crippen molar-refractivity contribution in [3.05, 3.63) is 65.7 Å². The quantitative estimate of drug-likeness (QED) is 0.767. The Morgan fingerprint density at radius 3 is 2.52 bits per heavy atom. The highest BCUT2D eigenvalue weighted by Crippen LogP contribution is 2.16. The van der Waals surface area contributed by atoms with Crippen molar-refractivity contribution in [3.8, 4) is 0 Å². The lowest BCUT2D eigenvalue weighted by atomic mass is 10.1. The topological polar surface area (TPSA) is 64.3 Å². The second-order valence-electron chi connectivity index (χ2n) is 4.63. The van der Waals surface area contributed by atoms with E-state index in [0.717, 1.165) is 18.7 Å². The fourth-order valence-electron chi connectivity index (χ4n) is 2.03. The lowest BCUT2D eigenvalue weighted by molar-refractivity contribution is 0.0518. The molecular weight excluding hydrogens is 264 g/mol. The zero-order chi connectivity index (χ0) is 14.9. The summed E-state index contributed by atoms with van der Waals surface area (Å²) in [7, 11) is 0. The van der Waals surface area contributed by atoms with E-state index in [1.54, 1.807) is 6.07 Å². The first kappa shape index (κ1) is 15.1. The number of esters is 1. The molecule has 0 saturated heterocycles. The molecule has 0 aliphatic rings. The van der Waals surface area contributed by atoms with Crippen molar-refractivity contribution in [2.75, 3.05) is 25.0 Å². The summed E-state index contributed by atoms with van der Waals surface area (Å²) >= 11 is 0. The summed E-state index contributed by atoms with van der Waals surface area (Å²) in [5.41, 5.74) is 7.93. The maximum Gasteiger partial charge on any atom is 0.340 e. The van der Waals surface area contributed by atoms with Gasteiger partial charge in [0, 0.05) is 18.8 Å². The molecular formula is C17H20N2O2. The van der Waals surface area contributed by atoms with Gasteiger partial charge in [0.25, 0.3) is 0 Å². The van der Waals surface area contributed by atoms with Crippen LogP contribution in [-0.2, 0) is 11.2 Å². The van der Waals surface area contributed by atoms with Gasteiger partial charge in [0.1, 0.15) is 6.61 Å². The number of nitrogens with one attached hydrogen (secondary N) is 1. The highest BCUT2D eigenvalue weighted by atomic mass is 16.5. The SMILES string of the molecule is NCCOC(=O)c1ccccc1NCCc1ccccc1. The van der Waals surface area contributed by atoms with E-state index >= 15 is 0 Å². The van der Waals surface area contributed by atoms with E-state index in [1.165, 1.54) is 5.56 Å². The molecule has 3 N–H and O–H groups in total. The van der Waals surface area contributed by atoms with Gasteiger partial charge in [-0.05, 0) is 24.1 Å². The molecule has 0 heterocycles. The van der Waals surface area contributed by atoms with Crippen molar-refractivity contribution in [1.29, 1.82) is 0 Å². The minimum Gasteiger partial charge on any atom is -0.461 e. The molecule has 0 atom stereocenters. The van der Waals surface area contributed by atoms with Gasteiger partial charge in [-0.2, -0.15) is 0 Å². The van der Waals surface area contributed by atoms with E-state index in [1.807, 2.05) is 36.4 Å². The molecule has 0 radical (unpaired) electrons. The molecule has 0 spiro atoms. The summed E-state index contributed by atoms with van der Waals surface area (Å²) in [5, 5.41) is 3.29. The third kappa shape index (κ3) is 4.61. The smallest absolute Gasteiger partial charge is 0.340 e. The number of anilines is 1. The maximum absolute atomic E-state index is 11.9. The van der Waals surface area contributed by atoms with Gasteiger partial charge in [0.05, 0.1) is 5.56 Å². The lowest BCUT2D eigenvalue weighted by Gasteiger charge is -2.11. The molecule has 110 valence electrons. The van der Waals surface area contributed by atoms with Crippen molar-refractivity contribution in [2.24, 2.45) is 5.73 Å². The third-order valence-corrected chi connectivity index (χ3v) is 3.07. The summed E-state index contributed by atoms with van der Waals surface area (Å²) in [5.74, 6) is -0.344. The van der Waals surface area contributed by atoms with Gasteiger partial charge < -0.3 is 15.8 Å². The summed E-state index contributed by atoms with van der Waals surface area (Å²) in [6.45, 7) is 1.32. The van der Waals surface area contributed by atoms with Crippen LogP contribution in [0.4, 0.5) is 5.69 Å². The standard InChI is InChI=1S/C17H20N2O2/c18-11-13-21-17(20)15-8-4-5-9-16(15)19-12-10-14-6-2-1-3-7-14/h1-9,19H,10-13,18H2. The third-order valence-electron chi connectivity index (χ3n) is 3.07. The number of rotatable bonds is 7. The Morgan fingerprint density at radius 2 is 1.76 bits per heavy atom. The van der Waals surface area contributed by atoms with Crippen molar-refractivity contribution in [1.82, 2.24) is 0 Å². The number of hydrogen-bond acceptors (Lipinski definition) is 4. The first-order chi connectivity index (χ1) is 10.3. The van der Waals surface area contributed by atoms with Crippen LogP contribution in [0.25, 0.3) is 0 Å². The van der Waals surface area contributed by atoms with Crippen LogP contribution in [0, 0.1) is 0 Å². The molecule has 0 aliphatic carbocycles. The molecule has 0 unspecified atom stereocenters. The zero-order valence-electron chi connectivity index (χ0n) is 11.9. The molecule has 0 fully saturated rings. The lowest BCUT2D eigenvalue weighted by Crippen LogP contribution is -2.15. The Balaban J connectivity index is 1.95. The zero-order valence-corrected chi connectivity index (χ0v) is 11.9. The summed E-state index contributed by atoms with van der Waals surface area (Å²) in [4.78, 5) is 11.9. The predicted molar refractivity (Wildman–Crippen MR) is 84.4 cm³/mol. The molecule has 4 heteroatoms. The molecule has 2 rings (SSSR count). The van der Waals surface area contributed by atoms with Crippen LogP contribution in [0.3, 0.4) is 0 Å². The number of benzene rings is 2. The fraction of sp³-hybridized carbons (Fsp3) is 0.235. The Labute approximate surface area is 124 Å². The minimum absolute atomic E-state index is 0.233. The van der Waals surface area contributed by atoms with E-state index in [9.17, 15) is 4.79 Å². The van der Waals surface area contributed by atoms with Crippen LogP contribution >= 0.6 is 0 Å². The van der Waals surface area contributed by atoms with Crippen LogP contribution in [0.5, 0.6) is 0 Å².